The largest absolute Gasteiger partial charge is 0.457 e. The average molecular weight is 555 g/mol. The molecule has 0 fully saturated rings. The number of carbonyl (C=O) groups excluding carboxylic acids is 2. The number of hydrogen-bond acceptors (Lipinski definition) is 5. The summed E-state index contributed by atoms with van der Waals surface area (Å²) in [5, 5.41) is 4.02. The summed E-state index contributed by atoms with van der Waals surface area (Å²) >= 11 is 0. The molecular formula is C36H18N4O3. The van der Waals surface area contributed by atoms with Crippen LogP contribution in [0.4, 0.5) is 22.7 Å². The average Bonchev–Trinajstić information content (AvgIpc) is 3.47. The minimum absolute atomic E-state index is 0.144. The Kier molecular flexibility index (Phi) is 4.10. The first kappa shape index (κ1) is 22.6. The van der Waals surface area contributed by atoms with Gasteiger partial charge < -0.3 is 4.74 Å². The van der Waals surface area contributed by atoms with Gasteiger partial charge in [-0.25, -0.2) is 9.98 Å². The van der Waals surface area contributed by atoms with Crippen LogP contribution in [0.25, 0.3) is 21.5 Å². The van der Waals surface area contributed by atoms with Gasteiger partial charge >= 0.3 is 0 Å². The number of carbonyl (C=O) groups is 2. The highest BCUT2D eigenvalue weighted by Crippen LogP contribution is 2.45. The fourth-order valence-corrected chi connectivity index (χ4v) is 6.79. The summed E-state index contributed by atoms with van der Waals surface area (Å²) < 4.78 is 6.25. The molecule has 43 heavy (non-hydrogen) atoms. The van der Waals surface area contributed by atoms with Gasteiger partial charge in [-0.3, -0.25) is 19.4 Å². The number of rotatable bonds is 2. The third kappa shape index (κ3) is 2.87. The molecule has 0 aromatic heterocycles. The number of amidine groups is 2. The Hall–Kier alpha value is -6.08. The first-order valence-corrected chi connectivity index (χ1v) is 14.0. The maximum atomic E-state index is 13.7. The molecular weight excluding hydrogens is 536 g/mol. The van der Waals surface area contributed by atoms with Gasteiger partial charge in [-0.05, 0) is 71.4 Å². The highest BCUT2D eigenvalue weighted by atomic mass is 16.5. The van der Waals surface area contributed by atoms with Crippen LogP contribution in [0.3, 0.4) is 0 Å². The summed E-state index contributed by atoms with van der Waals surface area (Å²) in [7, 11) is 0. The highest BCUT2D eigenvalue weighted by Gasteiger charge is 2.40. The van der Waals surface area contributed by atoms with Crippen molar-refractivity contribution in [3.8, 4) is 11.5 Å². The van der Waals surface area contributed by atoms with Crippen LogP contribution >= 0.6 is 0 Å². The zero-order valence-electron chi connectivity index (χ0n) is 22.4. The molecule has 10 rings (SSSR count). The van der Waals surface area contributed by atoms with E-state index in [2.05, 4.69) is 0 Å². The van der Waals surface area contributed by atoms with E-state index in [9.17, 15) is 9.59 Å². The lowest BCUT2D eigenvalue weighted by molar-refractivity contribution is 0.0999. The normalized spacial score (nSPS) is 15.3. The zero-order chi connectivity index (χ0) is 28.4. The fourth-order valence-electron chi connectivity index (χ4n) is 6.79. The van der Waals surface area contributed by atoms with E-state index < -0.39 is 0 Å². The van der Waals surface area contributed by atoms with Crippen molar-refractivity contribution in [2.45, 2.75) is 0 Å². The van der Waals surface area contributed by atoms with Crippen molar-refractivity contribution in [2.75, 3.05) is 9.80 Å². The van der Waals surface area contributed by atoms with E-state index in [4.69, 9.17) is 14.7 Å². The van der Waals surface area contributed by atoms with Crippen molar-refractivity contribution < 1.29 is 14.3 Å². The molecule has 0 unspecified atom stereocenters. The summed E-state index contributed by atoms with van der Waals surface area (Å²) in [6.45, 7) is 0. The summed E-state index contributed by atoms with van der Waals surface area (Å²) in [6.07, 6.45) is 0. The standard InChI is InChI=1S/C36H18N4O3/c41-35-25-17-21(13-15-23(25)33-37-27-9-1-5-19-7-3-11-29(31(19)27)39(33)35)43-22-14-16-24-26(18-22)36(42)40-30-12-4-8-20-6-2-10-28(32(20)30)38-34(24)40/h1-18H. The van der Waals surface area contributed by atoms with E-state index >= 15 is 0 Å². The number of benzene rings is 6. The fraction of sp³-hybridized carbons (Fsp3) is 0. The summed E-state index contributed by atoms with van der Waals surface area (Å²) in [5.41, 5.74) is 5.93. The Labute approximate surface area is 244 Å². The maximum Gasteiger partial charge on any atom is 0.264 e. The molecule has 0 saturated heterocycles. The lowest BCUT2D eigenvalue weighted by Crippen LogP contribution is -2.31. The van der Waals surface area contributed by atoms with Crippen LogP contribution in [-0.2, 0) is 0 Å². The van der Waals surface area contributed by atoms with Crippen LogP contribution in [0.2, 0.25) is 0 Å². The van der Waals surface area contributed by atoms with Crippen molar-refractivity contribution in [2.24, 2.45) is 9.98 Å². The van der Waals surface area contributed by atoms with E-state index in [-0.39, 0.29) is 11.8 Å². The second-order valence-electron chi connectivity index (χ2n) is 11.0. The quantitative estimate of drug-likeness (QED) is 0.218. The molecule has 0 radical (unpaired) electrons. The van der Waals surface area contributed by atoms with Crippen LogP contribution in [0.15, 0.2) is 119 Å². The minimum atomic E-state index is -0.144. The molecule has 6 aromatic rings. The van der Waals surface area contributed by atoms with Crippen LogP contribution in [0, 0.1) is 0 Å². The van der Waals surface area contributed by atoms with Crippen molar-refractivity contribution in [3.05, 3.63) is 131 Å². The van der Waals surface area contributed by atoms with Crippen LogP contribution in [-0.4, -0.2) is 23.5 Å². The first-order chi connectivity index (χ1) is 21.1. The van der Waals surface area contributed by atoms with E-state index in [1.807, 2.05) is 97.1 Å². The molecule has 4 heterocycles. The summed E-state index contributed by atoms with van der Waals surface area (Å²) in [4.78, 5) is 40.6. The second kappa shape index (κ2) is 7.80. The number of amides is 2. The molecule has 0 spiro atoms. The molecule has 0 aliphatic carbocycles. The van der Waals surface area contributed by atoms with Crippen molar-refractivity contribution >= 4 is 67.8 Å². The third-order valence-electron chi connectivity index (χ3n) is 8.65. The smallest absolute Gasteiger partial charge is 0.264 e. The van der Waals surface area contributed by atoms with Gasteiger partial charge in [0.1, 0.15) is 23.2 Å². The molecule has 4 aliphatic rings. The van der Waals surface area contributed by atoms with Gasteiger partial charge in [0.05, 0.1) is 33.9 Å². The molecule has 0 bridgehead atoms. The third-order valence-corrected chi connectivity index (χ3v) is 8.65. The van der Waals surface area contributed by atoms with Gasteiger partial charge in [0, 0.05) is 21.9 Å². The van der Waals surface area contributed by atoms with Gasteiger partial charge in [0.25, 0.3) is 11.8 Å². The molecule has 6 aromatic carbocycles. The van der Waals surface area contributed by atoms with Crippen molar-refractivity contribution in [1.82, 2.24) is 0 Å². The second-order valence-corrected chi connectivity index (χ2v) is 11.0. The van der Waals surface area contributed by atoms with Gasteiger partial charge in [-0.1, -0.05) is 48.5 Å². The van der Waals surface area contributed by atoms with Gasteiger partial charge in [-0.2, -0.15) is 0 Å². The lowest BCUT2D eigenvalue weighted by Gasteiger charge is -2.24. The Morgan fingerprint density at radius 3 is 1.40 bits per heavy atom. The zero-order valence-corrected chi connectivity index (χ0v) is 22.4. The number of fused-ring (bicyclic) bond motifs is 8. The Morgan fingerprint density at radius 2 is 0.930 bits per heavy atom. The van der Waals surface area contributed by atoms with E-state index in [0.29, 0.717) is 34.3 Å². The van der Waals surface area contributed by atoms with Gasteiger partial charge in [0.15, 0.2) is 0 Å². The van der Waals surface area contributed by atoms with Crippen molar-refractivity contribution in [3.63, 3.8) is 0 Å². The van der Waals surface area contributed by atoms with Crippen LogP contribution in [0.1, 0.15) is 31.8 Å². The van der Waals surface area contributed by atoms with E-state index in [1.165, 1.54) is 0 Å². The molecule has 7 nitrogen and oxygen atoms in total. The Morgan fingerprint density at radius 1 is 0.488 bits per heavy atom. The van der Waals surface area contributed by atoms with E-state index in [1.54, 1.807) is 21.9 Å². The maximum absolute atomic E-state index is 13.7. The molecule has 0 saturated carbocycles. The number of hydrogen-bond donors (Lipinski definition) is 0. The minimum Gasteiger partial charge on any atom is -0.457 e. The first-order valence-electron chi connectivity index (χ1n) is 14.0. The predicted molar refractivity (Wildman–Crippen MR) is 167 cm³/mol. The molecule has 0 atom stereocenters. The van der Waals surface area contributed by atoms with Gasteiger partial charge in [-0.15, -0.1) is 0 Å². The van der Waals surface area contributed by atoms with Gasteiger partial charge in [0.2, 0.25) is 0 Å². The topological polar surface area (TPSA) is 74.6 Å². The van der Waals surface area contributed by atoms with E-state index in [0.717, 1.165) is 55.4 Å². The molecule has 200 valence electrons. The SMILES string of the molecule is O=C1c2cc(Oc3ccc4c(c3)C(=O)N3C4=Nc4cccc5cccc3c45)ccc2C2=Nc3cccc4cccc(c34)N12. The molecule has 4 aliphatic heterocycles. The Bertz CT molecular complexity index is 2210. The van der Waals surface area contributed by atoms with Crippen molar-refractivity contribution in [1.29, 1.82) is 0 Å². The summed E-state index contributed by atoms with van der Waals surface area (Å²) in [5.74, 6) is 1.95. The number of ether oxygens (including phenoxy) is 1. The number of nitrogens with zero attached hydrogens (tertiary/aromatic N) is 4. The molecule has 2 amide bonds. The predicted octanol–water partition coefficient (Wildman–Crippen LogP) is 7.89. The Balaban J connectivity index is 1.01. The van der Waals surface area contributed by atoms with Crippen LogP contribution < -0.4 is 14.5 Å². The monoisotopic (exact) mass is 554 g/mol. The van der Waals surface area contributed by atoms with Crippen LogP contribution in [0.5, 0.6) is 11.5 Å². The number of anilines is 2. The lowest BCUT2D eigenvalue weighted by atomic mass is 10.0. The highest BCUT2D eigenvalue weighted by molar-refractivity contribution is 6.41. The number of aliphatic imine (C=N–C) groups is 2. The summed E-state index contributed by atoms with van der Waals surface area (Å²) in [6, 6.07) is 34.8. The molecule has 0 N–H and O–H groups in total. The molecule has 7 heteroatoms.